The van der Waals surface area contributed by atoms with E-state index in [4.69, 9.17) is 21.1 Å². The lowest BCUT2D eigenvalue weighted by atomic mass is 10.1. The lowest BCUT2D eigenvalue weighted by Gasteiger charge is -2.20. The van der Waals surface area contributed by atoms with Gasteiger partial charge in [-0.15, -0.1) is 0 Å². The number of halogens is 1. The molecule has 4 aromatic rings. The molecule has 1 N–H and O–H groups in total. The van der Waals surface area contributed by atoms with E-state index in [-0.39, 0.29) is 24.8 Å². The predicted molar refractivity (Wildman–Crippen MR) is 138 cm³/mol. The van der Waals surface area contributed by atoms with Crippen LogP contribution in [0, 0.1) is 5.92 Å². The normalized spacial score (nSPS) is 15.3. The monoisotopic (exact) mass is 486 g/mol. The number of methoxy groups -OCH3 is 1. The second kappa shape index (κ2) is 9.68. The molecule has 0 unspecified atom stereocenters. The van der Waals surface area contributed by atoms with Crippen molar-refractivity contribution in [1.29, 1.82) is 0 Å². The summed E-state index contributed by atoms with van der Waals surface area (Å²) in [6.45, 7) is 0.254. The number of fused-ring (bicyclic) bond motifs is 1. The number of carbonyl (C=O) groups is 2. The highest BCUT2D eigenvalue weighted by molar-refractivity contribution is 6.31. The zero-order valence-corrected chi connectivity index (χ0v) is 19.8. The quantitative estimate of drug-likeness (QED) is 0.348. The van der Waals surface area contributed by atoms with Crippen molar-refractivity contribution in [2.75, 3.05) is 23.9 Å². The zero-order chi connectivity index (χ0) is 24.4. The Bertz CT molecular complexity index is 1400. The van der Waals surface area contributed by atoms with Gasteiger partial charge in [0.25, 0.3) is 0 Å². The Labute approximate surface area is 208 Å². The molecule has 1 fully saturated rings. The SMILES string of the molecule is COc1ccc(Cl)cc1N1C[C@H](C(=O)Nc2ccc(Oc3ccc4ccccc4c3)cc2)CC1=O. The molecule has 6 nitrogen and oxygen atoms in total. The second-order valence-corrected chi connectivity index (χ2v) is 8.78. The topological polar surface area (TPSA) is 67.9 Å². The molecule has 1 aliphatic heterocycles. The molecule has 35 heavy (non-hydrogen) atoms. The number of anilines is 2. The van der Waals surface area contributed by atoms with E-state index in [2.05, 4.69) is 11.4 Å². The minimum absolute atomic E-state index is 0.116. The van der Waals surface area contributed by atoms with Crippen molar-refractivity contribution in [2.45, 2.75) is 6.42 Å². The maximum Gasteiger partial charge on any atom is 0.229 e. The van der Waals surface area contributed by atoms with Gasteiger partial charge in [0.1, 0.15) is 17.2 Å². The van der Waals surface area contributed by atoms with Crippen molar-refractivity contribution in [3.8, 4) is 17.2 Å². The van der Waals surface area contributed by atoms with Gasteiger partial charge in [0.05, 0.1) is 18.7 Å². The Morgan fingerprint density at radius 3 is 2.46 bits per heavy atom. The van der Waals surface area contributed by atoms with E-state index < -0.39 is 5.92 Å². The van der Waals surface area contributed by atoms with Crippen LogP contribution < -0.4 is 19.7 Å². The highest BCUT2D eigenvalue weighted by atomic mass is 35.5. The third-order valence-electron chi connectivity index (χ3n) is 6.01. The predicted octanol–water partition coefficient (Wildman–Crippen LogP) is 6.29. The summed E-state index contributed by atoms with van der Waals surface area (Å²) >= 11 is 6.11. The summed E-state index contributed by atoms with van der Waals surface area (Å²) in [7, 11) is 1.53. The van der Waals surface area contributed by atoms with E-state index in [1.54, 1.807) is 47.4 Å². The number of carbonyl (C=O) groups excluding carboxylic acids is 2. The van der Waals surface area contributed by atoms with Gasteiger partial charge in [-0.2, -0.15) is 0 Å². The van der Waals surface area contributed by atoms with Gasteiger partial charge in [-0.1, -0.05) is 41.9 Å². The maximum atomic E-state index is 12.9. The summed E-state index contributed by atoms with van der Waals surface area (Å²) in [5.41, 5.74) is 1.20. The standard InChI is InChI=1S/C28H23ClN2O4/c1-34-26-13-7-21(29)16-25(26)31-17-20(15-27(31)32)28(33)30-22-8-11-23(12-9-22)35-24-10-6-18-4-2-3-5-19(18)14-24/h2-14,16,20H,15,17H2,1H3,(H,30,33)/t20-/m1/s1. The van der Waals surface area contributed by atoms with Crippen LogP contribution in [-0.4, -0.2) is 25.5 Å². The lowest BCUT2D eigenvalue weighted by Crippen LogP contribution is -2.28. The van der Waals surface area contributed by atoms with E-state index in [0.717, 1.165) is 16.5 Å². The molecule has 1 atom stereocenters. The van der Waals surface area contributed by atoms with Crippen LogP contribution in [0.15, 0.2) is 84.9 Å². The first kappa shape index (κ1) is 22.7. The number of hydrogen-bond donors (Lipinski definition) is 1. The van der Waals surface area contributed by atoms with Crippen molar-refractivity contribution in [3.63, 3.8) is 0 Å². The molecular formula is C28H23ClN2O4. The number of hydrogen-bond acceptors (Lipinski definition) is 4. The summed E-state index contributed by atoms with van der Waals surface area (Å²) in [5.74, 6) is 1.08. The van der Waals surface area contributed by atoms with Crippen molar-refractivity contribution < 1.29 is 19.1 Å². The van der Waals surface area contributed by atoms with Crippen LogP contribution in [0.4, 0.5) is 11.4 Å². The molecule has 176 valence electrons. The fourth-order valence-corrected chi connectivity index (χ4v) is 4.37. The van der Waals surface area contributed by atoms with Gasteiger partial charge in [0.15, 0.2) is 0 Å². The van der Waals surface area contributed by atoms with Crippen LogP contribution in [0.25, 0.3) is 10.8 Å². The number of ether oxygens (including phenoxy) is 2. The molecule has 0 aliphatic carbocycles. The molecule has 1 aliphatic rings. The van der Waals surface area contributed by atoms with E-state index in [1.165, 1.54) is 7.11 Å². The molecule has 0 spiro atoms. The Morgan fingerprint density at radius 2 is 1.69 bits per heavy atom. The Balaban J connectivity index is 1.23. The first-order valence-corrected chi connectivity index (χ1v) is 11.6. The van der Waals surface area contributed by atoms with E-state index in [9.17, 15) is 9.59 Å². The van der Waals surface area contributed by atoms with Crippen LogP contribution in [-0.2, 0) is 9.59 Å². The molecule has 1 heterocycles. The zero-order valence-electron chi connectivity index (χ0n) is 19.0. The highest BCUT2D eigenvalue weighted by Crippen LogP contribution is 2.35. The molecule has 5 rings (SSSR count). The minimum atomic E-state index is -0.486. The molecular weight excluding hydrogens is 464 g/mol. The number of rotatable bonds is 6. The largest absolute Gasteiger partial charge is 0.495 e. The molecule has 2 amide bonds. The Hall–Kier alpha value is -4.03. The van der Waals surface area contributed by atoms with Crippen molar-refractivity contribution >= 4 is 45.6 Å². The van der Waals surface area contributed by atoms with Gasteiger partial charge in [0, 0.05) is 23.7 Å². The summed E-state index contributed by atoms with van der Waals surface area (Å²) < 4.78 is 11.3. The van der Waals surface area contributed by atoms with Crippen molar-refractivity contribution in [3.05, 3.63) is 90.0 Å². The smallest absolute Gasteiger partial charge is 0.229 e. The maximum absolute atomic E-state index is 12.9. The van der Waals surface area contributed by atoms with Crippen molar-refractivity contribution in [1.82, 2.24) is 0 Å². The van der Waals surface area contributed by atoms with Crippen LogP contribution in [0.2, 0.25) is 5.02 Å². The average molecular weight is 487 g/mol. The van der Waals surface area contributed by atoms with E-state index >= 15 is 0 Å². The molecule has 0 radical (unpaired) electrons. The second-order valence-electron chi connectivity index (χ2n) is 8.35. The molecule has 0 aromatic heterocycles. The van der Waals surface area contributed by atoms with Gasteiger partial charge in [-0.25, -0.2) is 0 Å². The number of benzene rings is 4. The minimum Gasteiger partial charge on any atom is -0.495 e. The van der Waals surface area contributed by atoms with Gasteiger partial charge < -0.3 is 19.7 Å². The fourth-order valence-electron chi connectivity index (χ4n) is 4.21. The lowest BCUT2D eigenvalue weighted by molar-refractivity contribution is -0.122. The third-order valence-corrected chi connectivity index (χ3v) is 6.24. The summed E-state index contributed by atoms with van der Waals surface area (Å²) in [4.78, 5) is 27.1. The van der Waals surface area contributed by atoms with Gasteiger partial charge in [-0.3, -0.25) is 9.59 Å². The Kier molecular flexibility index (Phi) is 6.29. The van der Waals surface area contributed by atoms with Crippen LogP contribution in [0.1, 0.15) is 6.42 Å². The number of nitrogens with one attached hydrogen (secondary N) is 1. The number of nitrogens with zero attached hydrogens (tertiary/aromatic N) is 1. The van der Waals surface area contributed by atoms with Gasteiger partial charge in [-0.05, 0) is 65.4 Å². The first-order valence-electron chi connectivity index (χ1n) is 11.2. The third kappa shape index (κ3) is 4.93. The van der Waals surface area contributed by atoms with Gasteiger partial charge >= 0.3 is 0 Å². The first-order chi connectivity index (χ1) is 17.0. The fraction of sp³-hybridized carbons (Fsp3) is 0.143. The average Bonchev–Trinajstić information content (AvgIpc) is 3.26. The van der Waals surface area contributed by atoms with Crippen LogP contribution >= 0.6 is 11.6 Å². The summed E-state index contributed by atoms with van der Waals surface area (Å²) in [6, 6.07) is 26.3. The number of amides is 2. The molecule has 0 saturated carbocycles. The van der Waals surface area contributed by atoms with Crippen molar-refractivity contribution in [2.24, 2.45) is 5.92 Å². The highest BCUT2D eigenvalue weighted by Gasteiger charge is 2.36. The molecule has 4 aromatic carbocycles. The van der Waals surface area contributed by atoms with E-state index in [0.29, 0.717) is 27.9 Å². The van der Waals surface area contributed by atoms with Crippen LogP contribution in [0.5, 0.6) is 17.2 Å². The molecule has 7 heteroatoms. The Morgan fingerprint density at radius 1 is 0.943 bits per heavy atom. The summed E-state index contributed by atoms with van der Waals surface area (Å²) in [5, 5.41) is 5.64. The van der Waals surface area contributed by atoms with Crippen LogP contribution in [0.3, 0.4) is 0 Å². The molecule has 1 saturated heterocycles. The van der Waals surface area contributed by atoms with E-state index in [1.807, 2.05) is 36.4 Å². The van der Waals surface area contributed by atoms with Gasteiger partial charge in [0.2, 0.25) is 11.8 Å². The summed E-state index contributed by atoms with van der Waals surface area (Å²) in [6.07, 6.45) is 0.116. The molecule has 0 bridgehead atoms.